The van der Waals surface area contributed by atoms with Crippen LogP contribution in [0.2, 0.25) is 0 Å². The number of imide groups is 1. The standard InChI is InChI=1S/C29H35N3O4/c1-4-5-17-32-27(33)29(30-28(32)34,16-13-22-9-7-6-8-10-22)24-14-18-31(19-15-24)21-23-20-25(35-2)11-12-26(23)36-3/h6-12,20,24H,13-19,21H2,1-3H3,(H,30,34). The van der Waals surface area contributed by atoms with Gasteiger partial charge in [0.05, 0.1) is 20.8 Å². The highest BCUT2D eigenvalue weighted by atomic mass is 16.5. The molecule has 0 spiro atoms. The fraction of sp³-hybridized carbons (Fsp3) is 0.448. The lowest BCUT2D eigenvalue weighted by atomic mass is 9.74. The van der Waals surface area contributed by atoms with Crippen molar-refractivity contribution in [2.24, 2.45) is 5.92 Å². The summed E-state index contributed by atoms with van der Waals surface area (Å²) < 4.78 is 11.0. The molecule has 190 valence electrons. The Kier molecular flexibility index (Phi) is 8.17. The van der Waals surface area contributed by atoms with Gasteiger partial charge in [0.1, 0.15) is 17.0 Å². The van der Waals surface area contributed by atoms with Crippen molar-refractivity contribution in [1.29, 1.82) is 0 Å². The molecule has 36 heavy (non-hydrogen) atoms. The number of benzene rings is 2. The maximum Gasteiger partial charge on any atom is 0.325 e. The van der Waals surface area contributed by atoms with Crippen molar-refractivity contribution in [3.05, 3.63) is 59.7 Å². The number of methoxy groups -OCH3 is 2. The largest absolute Gasteiger partial charge is 0.497 e. The zero-order valence-corrected chi connectivity index (χ0v) is 21.4. The van der Waals surface area contributed by atoms with Crippen LogP contribution in [-0.4, -0.2) is 61.1 Å². The van der Waals surface area contributed by atoms with Gasteiger partial charge in [-0.15, -0.1) is 5.92 Å². The highest BCUT2D eigenvalue weighted by Crippen LogP contribution is 2.38. The predicted molar refractivity (Wildman–Crippen MR) is 139 cm³/mol. The minimum absolute atomic E-state index is 0.0562. The van der Waals surface area contributed by atoms with E-state index in [0.717, 1.165) is 61.5 Å². The maximum absolute atomic E-state index is 13.7. The molecule has 0 bridgehead atoms. The highest BCUT2D eigenvalue weighted by molar-refractivity contribution is 6.07. The van der Waals surface area contributed by atoms with Crippen LogP contribution in [0.4, 0.5) is 4.79 Å². The fourth-order valence-electron chi connectivity index (χ4n) is 5.41. The van der Waals surface area contributed by atoms with Gasteiger partial charge < -0.3 is 14.8 Å². The summed E-state index contributed by atoms with van der Waals surface area (Å²) in [7, 11) is 3.34. The van der Waals surface area contributed by atoms with E-state index in [1.165, 1.54) is 4.90 Å². The first kappa shape index (κ1) is 25.6. The van der Waals surface area contributed by atoms with Crippen molar-refractivity contribution in [2.75, 3.05) is 33.9 Å². The third kappa shape index (κ3) is 5.34. The summed E-state index contributed by atoms with van der Waals surface area (Å²) in [5.74, 6) is 7.23. The number of amides is 3. The summed E-state index contributed by atoms with van der Waals surface area (Å²) in [6, 6.07) is 15.6. The molecular weight excluding hydrogens is 454 g/mol. The van der Waals surface area contributed by atoms with Gasteiger partial charge >= 0.3 is 6.03 Å². The molecule has 2 aromatic carbocycles. The van der Waals surface area contributed by atoms with Crippen LogP contribution < -0.4 is 14.8 Å². The number of ether oxygens (including phenoxy) is 2. The fourth-order valence-corrected chi connectivity index (χ4v) is 5.41. The van der Waals surface area contributed by atoms with Crippen molar-refractivity contribution in [3.63, 3.8) is 0 Å². The summed E-state index contributed by atoms with van der Waals surface area (Å²) >= 11 is 0. The Hall–Kier alpha value is -3.50. The van der Waals surface area contributed by atoms with Crippen molar-refractivity contribution in [1.82, 2.24) is 15.1 Å². The Morgan fingerprint density at radius 3 is 2.47 bits per heavy atom. The zero-order valence-electron chi connectivity index (χ0n) is 21.4. The van der Waals surface area contributed by atoms with E-state index < -0.39 is 5.54 Å². The molecular formula is C29H35N3O4. The highest BCUT2D eigenvalue weighted by Gasteiger charge is 2.55. The summed E-state index contributed by atoms with van der Waals surface area (Å²) in [4.78, 5) is 30.3. The molecule has 2 aromatic rings. The SMILES string of the molecule is CC#CCN1C(=O)NC(CCc2ccccc2)(C2CCN(Cc3cc(OC)ccc3OC)CC2)C1=O. The molecule has 2 aliphatic heterocycles. The van der Waals surface area contributed by atoms with E-state index in [2.05, 4.69) is 34.2 Å². The lowest BCUT2D eigenvalue weighted by Crippen LogP contribution is -2.56. The van der Waals surface area contributed by atoms with Gasteiger partial charge in [0.2, 0.25) is 0 Å². The van der Waals surface area contributed by atoms with Gasteiger partial charge in [-0.2, -0.15) is 0 Å². The number of carbonyl (C=O) groups excluding carboxylic acids is 2. The molecule has 3 amide bonds. The van der Waals surface area contributed by atoms with Gasteiger partial charge in [-0.05, 0) is 75.4 Å². The minimum Gasteiger partial charge on any atom is -0.497 e. The molecule has 0 aliphatic carbocycles. The molecule has 0 saturated carbocycles. The first-order valence-corrected chi connectivity index (χ1v) is 12.5. The topological polar surface area (TPSA) is 71.1 Å². The van der Waals surface area contributed by atoms with Crippen LogP contribution in [-0.2, 0) is 17.8 Å². The van der Waals surface area contributed by atoms with Crippen LogP contribution in [0.1, 0.15) is 37.3 Å². The third-order valence-corrected chi connectivity index (χ3v) is 7.43. The third-order valence-electron chi connectivity index (χ3n) is 7.43. The molecule has 2 heterocycles. The lowest BCUT2D eigenvalue weighted by Gasteiger charge is -2.41. The predicted octanol–water partition coefficient (Wildman–Crippen LogP) is 3.86. The van der Waals surface area contributed by atoms with Crippen molar-refractivity contribution >= 4 is 11.9 Å². The van der Waals surface area contributed by atoms with E-state index in [0.29, 0.717) is 6.42 Å². The molecule has 2 aliphatic rings. The van der Waals surface area contributed by atoms with Gasteiger partial charge in [-0.1, -0.05) is 36.3 Å². The van der Waals surface area contributed by atoms with Gasteiger partial charge in [-0.3, -0.25) is 14.6 Å². The Balaban J connectivity index is 1.50. The van der Waals surface area contributed by atoms with Crippen LogP contribution in [0.25, 0.3) is 0 Å². The monoisotopic (exact) mass is 489 g/mol. The number of likely N-dealkylation sites (tertiary alicyclic amines) is 1. The summed E-state index contributed by atoms with van der Waals surface area (Å²) in [5, 5.41) is 3.13. The Morgan fingerprint density at radius 2 is 1.81 bits per heavy atom. The van der Waals surface area contributed by atoms with Crippen LogP contribution in [0.15, 0.2) is 48.5 Å². The molecule has 1 atom stereocenters. The number of piperidine rings is 1. The summed E-state index contributed by atoms with van der Waals surface area (Å²) in [6.07, 6.45) is 2.94. The van der Waals surface area contributed by atoms with E-state index in [1.807, 2.05) is 36.4 Å². The first-order chi connectivity index (χ1) is 17.5. The van der Waals surface area contributed by atoms with E-state index in [9.17, 15) is 9.59 Å². The molecule has 2 fully saturated rings. The van der Waals surface area contributed by atoms with Gasteiger partial charge in [0, 0.05) is 12.1 Å². The molecule has 0 radical (unpaired) electrons. The van der Waals surface area contributed by atoms with Gasteiger partial charge in [0.15, 0.2) is 0 Å². The van der Waals surface area contributed by atoms with E-state index in [-0.39, 0.29) is 24.4 Å². The molecule has 7 nitrogen and oxygen atoms in total. The normalized spacial score (nSPS) is 20.6. The van der Waals surface area contributed by atoms with Crippen molar-refractivity contribution in [3.8, 4) is 23.3 Å². The Morgan fingerprint density at radius 1 is 1.06 bits per heavy atom. The van der Waals surface area contributed by atoms with E-state index >= 15 is 0 Å². The first-order valence-electron chi connectivity index (χ1n) is 12.5. The average Bonchev–Trinajstić information content (AvgIpc) is 3.16. The van der Waals surface area contributed by atoms with Crippen LogP contribution in [0, 0.1) is 17.8 Å². The number of nitrogens with one attached hydrogen (secondary N) is 1. The van der Waals surface area contributed by atoms with Crippen LogP contribution in [0.5, 0.6) is 11.5 Å². The number of hydrogen-bond acceptors (Lipinski definition) is 5. The molecule has 1 unspecified atom stereocenters. The maximum atomic E-state index is 13.7. The molecule has 1 N–H and O–H groups in total. The minimum atomic E-state index is -0.901. The van der Waals surface area contributed by atoms with Crippen molar-refractivity contribution < 1.29 is 19.1 Å². The number of urea groups is 1. The van der Waals surface area contributed by atoms with Gasteiger partial charge in [0.25, 0.3) is 5.91 Å². The number of hydrogen-bond donors (Lipinski definition) is 1. The van der Waals surface area contributed by atoms with E-state index in [4.69, 9.17) is 9.47 Å². The Bertz CT molecular complexity index is 1130. The average molecular weight is 490 g/mol. The lowest BCUT2D eigenvalue weighted by molar-refractivity contribution is -0.134. The number of carbonyl (C=O) groups is 2. The number of rotatable bonds is 9. The summed E-state index contributed by atoms with van der Waals surface area (Å²) in [5.41, 5.74) is 1.33. The van der Waals surface area contributed by atoms with Crippen LogP contribution >= 0.6 is 0 Å². The zero-order chi connectivity index (χ0) is 25.5. The number of nitrogens with zero attached hydrogens (tertiary/aromatic N) is 2. The molecule has 2 saturated heterocycles. The quantitative estimate of drug-likeness (QED) is 0.428. The molecule has 7 heteroatoms. The second-order valence-electron chi connectivity index (χ2n) is 9.43. The van der Waals surface area contributed by atoms with Crippen molar-refractivity contribution in [2.45, 2.75) is 44.7 Å². The molecule has 0 aromatic heterocycles. The molecule has 4 rings (SSSR count). The Labute approximate surface area is 213 Å². The number of aryl methyl sites for hydroxylation is 1. The van der Waals surface area contributed by atoms with Gasteiger partial charge in [-0.25, -0.2) is 4.79 Å². The smallest absolute Gasteiger partial charge is 0.325 e. The second-order valence-corrected chi connectivity index (χ2v) is 9.43. The summed E-state index contributed by atoms with van der Waals surface area (Å²) in [6.45, 7) is 4.24. The van der Waals surface area contributed by atoms with E-state index in [1.54, 1.807) is 21.1 Å². The second kappa shape index (κ2) is 11.5. The van der Waals surface area contributed by atoms with Crippen LogP contribution in [0.3, 0.4) is 0 Å².